The van der Waals surface area contributed by atoms with E-state index < -0.39 is 5.60 Å². The van der Waals surface area contributed by atoms with Crippen LogP contribution in [0, 0.1) is 45.8 Å². The summed E-state index contributed by atoms with van der Waals surface area (Å²) in [6.07, 6.45) is 17.0. The second-order valence-electron chi connectivity index (χ2n) is 13.9. The van der Waals surface area contributed by atoms with Crippen LogP contribution in [-0.2, 0) is 0 Å². The second kappa shape index (κ2) is 7.64. The molecule has 3 saturated carbocycles. The van der Waals surface area contributed by atoms with Gasteiger partial charge in [-0.1, -0.05) is 66.0 Å². The summed E-state index contributed by atoms with van der Waals surface area (Å²) in [5.41, 5.74) is 2.52. The number of hydrogen-bond donors (Lipinski definition) is 1. The maximum absolute atomic E-state index is 10.7. The molecule has 0 aliphatic heterocycles. The van der Waals surface area contributed by atoms with Crippen molar-refractivity contribution in [1.82, 2.24) is 0 Å². The van der Waals surface area contributed by atoms with Gasteiger partial charge in [-0.25, -0.2) is 0 Å². The molecule has 7 unspecified atom stereocenters. The van der Waals surface area contributed by atoms with Gasteiger partial charge in [0.25, 0.3) is 0 Å². The van der Waals surface area contributed by atoms with Crippen LogP contribution in [-0.4, -0.2) is 10.7 Å². The number of rotatable bonds is 5. The molecule has 0 saturated heterocycles. The zero-order valence-electron chi connectivity index (χ0n) is 21.2. The first-order chi connectivity index (χ1) is 13.9. The monoisotopic (exact) mass is 414 g/mol. The van der Waals surface area contributed by atoms with E-state index in [0.29, 0.717) is 16.2 Å². The topological polar surface area (TPSA) is 20.2 Å². The minimum atomic E-state index is -0.472. The van der Waals surface area contributed by atoms with Crippen molar-refractivity contribution in [2.75, 3.05) is 0 Å². The first-order valence-corrected chi connectivity index (χ1v) is 13.3. The Labute approximate surface area is 187 Å². The summed E-state index contributed by atoms with van der Waals surface area (Å²) in [5, 5.41) is 10.7. The van der Waals surface area contributed by atoms with Crippen molar-refractivity contribution in [3.05, 3.63) is 11.6 Å². The lowest BCUT2D eigenvalue weighted by molar-refractivity contribution is -0.0795. The lowest BCUT2D eigenvalue weighted by atomic mass is 9.45. The maximum Gasteiger partial charge on any atom is 0.0657 e. The van der Waals surface area contributed by atoms with E-state index >= 15 is 0 Å². The van der Waals surface area contributed by atoms with Crippen LogP contribution in [0.15, 0.2) is 11.6 Å². The van der Waals surface area contributed by atoms with Crippen molar-refractivity contribution in [3.8, 4) is 0 Å². The summed E-state index contributed by atoms with van der Waals surface area (Å²) in [6.45, 7) is 17.3. The van der Waals surface area contributed by atoms with Crippen molar-refractivity contribution < 1.29 is 5.11 Å². The molecule has 0 spiro atoms. The maximum atomic E-state index is 10.7. The highest BCUT2D eigenvalue weighted by Gasteiger charge is 2.60. The molecule has 0 radical (unpaired) electrons. The van der Waals surface area contributed by atoms with Crippen LogP contribution in [0.2, 0.25) is 0 Å². The minimum Gasteiger partial charge on any atom is -0.390 e. The average molecular weight is 415 g/mol. The molecule has 30 heavy (non-hydrogen) atoms. The molecule has 4 rings (SSSR count). The molecule has 7 atom stereocenters. The Morgan fingerprint density at radius 3 is 2.47 bits per heavy atom. The van der Waals surface area contributed by atoms with Gasteiger partial charge >= 0.3 is 0 Å². The molecule has 1 heteroatoms. The summed E-state index contributed by atoms with van der Waals surface area (Å²) in [7, 11) is 0. The second-order valence-corrected chi connectivity index (χ2v) is 13.9. The molecule has 0 aromatic carbocycles. The SMILES string of the molecule is CC(C)CCCC(C)(C)C1CCC2C3CC=C4CC(C)(O)CCC4(C)C3CCC21C. The van der Waals surface area contributed by atoms with Crippen molar-refractivity contribution in [2.45, 2.75) is 125 Å². The van der Waals surface area contributed by atoms with E-state index in [1.54, 1.807) is 5.57 Å². The predicted octanol–water partition coefficient (Wildman–Crippen LogP) is 8.17. The molecule has 172 valence electrons. The average Bonchev–Trinajstić information content (AvgIpc) is 3.00. The minimum absolute atomic E-state index is 0.358. The Morgan fingerprint density at radius 2 is 1.77 bits per heavy atom. The fraction of sp³-hybridized carbons (Fsp3) is 0.931. The van der Waals surface area contributed by atoms with Gasteiger partial charge in [0.1, 0.15) is 0 Å². The van der Waals surface area contributed by atoms with E-state index in [2.05, 4.69) is 54.5 Å². The number of allylic oxidation sites excluding steroid dienone is 1. The molecule has 0 aromatic rings. The Hall–Kier alpha value is -0.300. The molecule has 0 heterocycles. The van der Waals surface area contributed by atoms with Crippen LogP contribution in [0.5, 0.6) is 0 Å². The molecular formula is C29H50O. The summed E-state index contributed by atoms with van der Waals surface area (Å²) in [5.74, 6) is 4.39. The van der Waals surface area contributed by atoms with Crippen molar-refractivity contribution >= 4 is 0 Å². The fourth-order valence-electron chi connectivity index (χ4n) is 9.23. The van der Waals surface area contributed by atoms with Gasteiger partial charge in [-0.2, -0.15) is 0 Å². The summed E-state index contributed by atoms with van der Waals surface area (Å²) in [6, 6.07) is 0. The van der Waals surface area contributed by atoms with Gasteiger partial charge in [0.2, 0.25) is 0 Å². The van der Waals surface area contributed by atoms with E-state index in [0.717, 1.165) is 42.4 Å². The van der Waals surface area contributed by atoms with Crippen molar-refractivity contribution in [2.24, 2.45) is 45.8 Å². The number of hydrogen-bond acceptors (Lipinski definition) is 1. The lowest BCUT2D eigenvalue weighted by Crippen LogP contribution is -2.52. The first-order valence-electron chi connectivity index (χ1n) is 13.3. The van der Waals surface area contributed by atoms with Crippen LogP contribution < -0.4 is 0 Å². The van der Waals surface area contributed by atoms with Gasteiger partial charge in [0.05, 0.1) is 5.60 Å². The van der Waals surface area contributed by atoms with Gasteiger partial charge in [0, 0.05) is 0 Å². The molecular weight excluding hydrogens is 364 g/mol. The lowest BCUT2D eigenvalue weighted by Gasteiger charge is -2.59. The molecule has 3 fully saturated rings. The quantitative estimate of drug-likeness (QED) is 0.450. The van der Waals surface area contributed by atoms with Crippen LogP contribution >= 0.6 is 0 Å². The summed E-state index contributed by atoms with van der Waals surface area (Å²) >= 11 is 0. The van der Waals surface area contributed by atoms with E-state index in [9.17, 15) is 5.11 Å². The highest BCUT2D eigenvalue weighted by Crippen LogP contribution is 2.69. The third kappa shape index (κ3) is 3.74. The van der Waals surface area contributed by atoms with Gasteiger partial charge in [-0.05, 0) is 111 Å². The zero-order chi connectivity index (χ0) is 21.9. The van der Waals surface area contributed by atoms with Crippen LogP contribution in [0.3, 0.4) is 0 Å². The van der Waals surface area contributed by atoms with Gasteiger partial charge in [-0.15, -0.1) is 0 Å². The van der Waals surface area contributed by atoms with Crippen molar-refractivity contribution in [3.63, 3.8) is 0 Å². The first kappa shape index (κ1) is 22.9. The summed E-state index contributed by atoms with van der Waals surface area (Å²) < 4.78 is 0. The highest BCUT2D eigenvalue weighted by atomic mass is 16.3. The molecule has 1 nitrogen and oxygen atoms in total. The molecule has 0 amide bonds. The normalized spacial score (nSPS) is 46.2. The zero-order valence-corrected chi connectivity index (χ0v) is 21.2. The van der Waals surface area contributed by atoms with Crippen LogP contribution in [0.1, 0.15) is 119 Å². The molecule has 4 aliphatic carbocycles. The number of fused-ring (bicyclic) bond motifs is 5. The molecule has 0 aromatic heterocycles. The van der Waals surface area contributed by atoms with Crippen molar-refractivity contribution in [1.29, 1.82) is 0 Å². The van der Waals surface area contributed by atoms with Crippen LogP contribution in [0.4, 0.5) is 0 Å². The summed E-state index contributed by atoms with van der Waals surface area (Å²) in [4.78, 5) is 0. The van der Waals surface area contributed by atoms with E-state index in [1.165, 1.54) is 57.8 Å². The Morgan fingerprint density at radius 1 is 1.03 bits per heavy atom. The molecule has 0 bridgehead atoms. The van der Waals surface area contributed by atoms with E-state index in [-0.39, 0.29) is 0 Å². The third-order valence-electron chi connectivity index (χ3n) is 10.9. The van der Waals surface area contributed by atoms with Gasteiger partial charge in [-0.3, -0.25) is 0 Å². The standard InChI is InChI=1S/C29H50O/c1-20(2)9-8-15-26(3,4)25-13-12-23-22-11-10-21-19-27(5,30)17-18-28(21,6)24(22)14-16-29(23,25)7/h10,20,22-25,30H,8-9,11-19H2,1-7H3. The van der Waals surface area contributed by atoms with Crippen LogP contribution in [0.25, 0.3) is 0 Å². The third-order valence-corrected chi connectivity index (χ3v) is 10.9. The Kier molecular flexibility index (Phi) is 5.82. The van der Waals surface area contributed by atoms with Gasteiger partial charge < -0.3 is 5.11 Å². The molecule has 4 aliphatic rings. The highest BCUT2D eigenvalue weighted by molar-refractivity contribution is 5.27. The van der Waals surface area contributed by atoms with E-state index in [4.69, 9.17) is 0 Å². The Bertz CT molecular complexity index is 670. The number of aliphatic hydroxyl groups is 1. The predicted molar refractivity (Wildman–Crippen MR) is 128 cm³/mol. The Balaban J connectivity index is 1.53. The molecule has 1 N–H and O–H groups in total. The van der Waals surface area contributed by atoms with Gasteiger partial charge in [0.15, 0.2) is 0 Å². The smallest absolute Gasteiger partial charge is 0.0657 e. The largest absolute Gasteiger partial charge is 0.390 e. The fourth-order valence-corrected chi connectivity index (χ4v) is 9.23. The van der Waals surface area contributed by atoms with E-state index in [1.807, 2.05) is 0 Å².